The van der Waals surface area contributed by atoms with Crippen LogP contribution in [-0.4, -0.2) is 50.9 Å². The second-order valence-corrected chi connectivity index (χ2v) is 9.31. The minimum absolute atomic E-state index is 0.0145. The summed E-state index contributed by atoms with van der Waals surface area (Å²) in [7, 11) is -3.60. The molecule has 2 N–H and O–H groups in total. The van der Waals surface area contributed by atoms with Gasteiger partial charge in [-0.25, -0.2) is 8.42 Å². The average Bonchev–Trinajstić information content (AvgIpc) is 2.74. The molecule has 0 aliphatic carbocycles. The highest BCUT2D eigenvalue weighted by molar-refractivity contribution is 7.89. The molecular weight excluding hydrogens is 412 g/mol. The molecule has 2 aromatic carbocycles. The Kier molecular flexibility index (Phi) is 8.88. The second-order valence-electron chi connectivity index (χ2n) is 7.37. The Labute approximate surface area is 186 Å². The van der Waals surface area contributed by atoms with Crippen LogP contribution < -0.4 is 15.5 Å². The van der Waals surface area contributed by atoms with Crippen LogP contribution in [0.15, 0.2) is 53.4 Å². The third-order valence-electron chi connectivity index (χ3n) is 4.95. The lowest BCUT2D eigenvalue weighted by Crippen LogP contribution is -2.40. The molecule has 0 unspecified atom stereocenters. The lowest BCUT2D eigenvalue weighted by atomic mass is 10.2. The van der Waals surface area contributed by atoms with E-state index in [1.165, 1.54) is 4.31 Å². The van der Waals surface area contributed by atoms with E-state index in [0.29, 0.717) is 25.3 Å². The highest BCUT2D eigenvalue weighted by Crippen LogP contribution is 2.27. The smallest absolute Gasteiger partial charge is 0.246 e. The van der Waals surface area contributed by atoms with Crippen molar-refractivity contribution in [3.05, 3.63) is 48.5 Å². The third-order valence-corrected chi connectivity index (χ3v) is 7.00. The Bertz CT molecular complexity index is 958. The number of carbonyl (C=O) groups excluding carboxylic acids is 1. The first-order valence-electron chi connectivity index (χ1n) is 10.7. The SMILES string of the molecule is CCNc1ccc(S(=O)(=O)N(CC)CC)cc1NCC(=O)N(c1ccccc1)C(C)C. The van der Waals surface area contributed by atoms with Gasteiger partial charge in [0.1, 0.15) is 0 Å². The van der Waals surface area contributed by atoms with Crippen molar-refractivity contribution >= 4 is 33.0 Å². The number of hydrogen-bond donors (Lipinski definition) is 2. The number of sulfonamides is 1. The number of hydrogen-bond acceptors (Lipinski definition) is 5. The molecule has 31 heavy (non-hydrogen) atoms. The Morgan fingerprint density at radius 3 is 2.13 bits per heavy atom. The fraction of sp³-hybridized carbons (Fsp3) is 0.435. The van der Waals surface area contributed by atoms with E-state index in [2.05, 4.69) is 10.6 Å². The van der Waals surface area contributed by atoms with Crippen LogP contribution >= 0.6 is 0 Å². The zero-order chi connectivity index (χ0) is 23.0. The molecule has 8 heteroatoms. The maximum atomic E-state index is 13.0. The summed E-state index contributed by atoms with van der Waals surface area (Å²) in [6, 6.07) is 14.4. The number of carbonyl (C=O) groups is 1. The summed E-state index contributed by atoms with van der Waals surface area (Å²) < 4.78 is 27.3. The molecule has 0 radical (unpaired) electrons. The van der Waals surface area contributed by atoms with Gasteiger partial charge in [-0.05, 0) is 51.1 Å². The summed E-state index contributed by atoms with van der Waals surface area (Å²) in [6.45, 7) is 11.0. The van der Waals surface area contributed by atoms with Crippen molar-refractivity contribution in [3.8, 4) is 0 Å². The summed E-state index contributed by atoms with van der Waals surface area (Å²) in [5, 5.41) is 6.38. The topological polar surface area (TPSA) is 81.8 Å². The highest BCUT2D eigenvalue weighted by atomic mass is 32.2. The molecule has 0 bridgehead atoms. The fourth-order valence-electron chi connectivity index (χ4n) is 3.46. The van der Waals surface area contributed by atoms with Crippen LogP contribution in [-0.2, 0) is 14.8 Å². The van der Waals surface area contributed by atoms with E-state index in [-0.39, 0.29) is 23.4 Å². The lowest BCUT2D eigenvalue weighted by Gasteiger charge is -2.27. The first kappa shape index (κ1) is 24.7. The van der Waals surface area contributed by atoms with Gasteiger partial charge in [-0.2, -0.15) is 4.31 Å². The lowest BCUT2D eigenvalue weighted by molar-refractivity contribution is -0.117. The molecule has 2 rings (SSSR count). The predicted molar refractivity (Wildman–Crippen MR) is 128 cm³/mol. The van der Waals surface area contributed by atoms with Gasteiger partial charge < -0.3 is 15.5 Å². The van der Waals surface area contributed by atoms with Crippen molar-refractivity contribution in [3.63, 3.8) is 0 Å². The van der Waals surface area contributed by atoms with Crippen LogP contribution in [0.25, 0.3) is 0 Å². The van der Waals surface area contributed by atoms with E-state index in [0.717, 1.165) is 11.4 Å². The van der Waals surface area contributed by atoms with Crippen LogP contribution in [0, 0.1) is 0 Å². The molecule has 0 atom stereocenters. The largest absolute Gasteiger partial charge is 0.384 e. The molecule has 7 nitrogen and oxygen atoms in total. The van der Waals surface area contributed by atoms with E-state index in [1.807, 2.05) is 65.0 Å². The maximum absolute atomic E-state index is 13.0. The number of benzene rings is 2. The van der Waals surface area contributed by atoms with E-state index < -0.39 is 10.0 Å². The van der Waals surface area contributed by atoms with Gasteiger partial charge in [-0.3, -0.25) is 4.79 Å². The van der Waals surface area contributed by atoms with Gasteiger partial charge in [0, 0.05) is 31.4 Å². The van der Waals surface area contributed by atoms with Gasteiger partial charge in [-0.1, -0.05) is 32.0 Å². The number of rotatable bonds is 11. The summed E-state index contributed by atoms with van der Waals surface area (Å²) in [5.41, 5.74) is 2.17. The van der Waals surface area contributed by atoms with Crippen molar-refractivity contribution in [2.75, 3.05) is 41.7 Å². The molecule has 170 valence electrons. The Balaban J connectivity index is 2.31. The van der Waals surface area contributed by atoms with Gasteiger partial charge in [0.15, 0.2) is 0 Å². The van der Waals surface area contributed by atoms with E-state index in [4.69, 9.17) is 0 Å². The molecule has 0 saturated carbocycles. The maximum Gasteiger partial charge on any atom is 0.246 e. The van der Waals surface area contributed by atoms with Gasteiger partial charge in [0.25, 0.3) is 0 Å². The standard InChI is InChI=1S/C23H34N4O3S/c1-6-24-21-15-14-20(31(29,30)26(7-2)8-3)16-22(21)25-17-23(28)27(18(4)5)19-12-10-9-11-13-19/h9-16,18,24-25H,6-8,17H2,1-5H3. The molecule has 2 aromatic rings. The molecule has 0 spiro atoms. The number of nitrogens with zero attached hydrogens (tertiary/aromatic N) is 2. The van der Waals surface area contributed by atoms with E-state index in [1.54, 1.807) is 23.1 Å². The third kappa shape index (κ3) is 5.98. The van der Waals surface area contributed by atoms with Crippen LogP contribution in [0.3, 0.4) is 0 Å². The van der Waals surface area contributed by atoms with Crippen LogP contribution in [0.2, 0.25) is 0 Å². The zero-order valence-electron chi connectivity index (χ0n) is 19.1. The molecular formula is C23H34N4O3S. The van der Waals surface area contributed by atoms with Crippen LogP contribution in [0.4, 0.5) is 17.1 Å². The quantitative estimate of drug-likeness (QED) is 0.545. The van der Waals surface area contributed by atoms with E-state index in [9.17, 15) is 13.2 Å². The van der Waals surface area contributed by atoms with Crippen molar-refractivity contribution in [2.24, 2.45) is 0 Å². The first-order chi connectivity index (χ1) is 14.8. The summed E-state index contributed by atoms with van der Waals surface area (Å²) in [4.78, 5) is 15.0. The Morgan fingerprint density at radius 1 is 0.935 bits per heavy atom. The Hall–Kier alpha value is -2.58. The second kappa shape index (κ2) is 11.2. The van der Waals surface area contributed by atoms with Gasteiger partial charge in [-0.15, -0.1) is 0 Å². The molecule has 0 saturated heterocycles. The number of amides is 1. The van der Waals surface area contributed by atoms with Gasteiger partial charge in [0.05, 0.1) is 22.8 Å². The zero-order valence-corrected chi connectivity index (χ0v) is 19.9. The van der Waals surface area contributed by atoms with Crippen LogP contribution in [0.1, 0.15) is 34.6 Å². The summed E-state index contributed by atoms with van der Waals surface area (Å²) in [6.07, 6.45) is 0. The highest BCUT2D eigenvalue weighted by Gasteiger charge is 2.23. The van der Waals surface area contributed by atoms with Crippen molar-refractivity contribution in [2.45, 2.75) is 45.6 Å². The summed E-state index contributed by atoms with van der Waals surface area (Å²) >= 11 is 0. The van der Waals surface area contributed by atoms with Crippen molar-refractivity contribution in [1.82, 2.24) is 4.31 Å². The molecule has 0 aromatic heterocycles. The predicted octanol–water partition coefficient (Wildman–Crippen LogP) is 4.00. The fourth-order valence-corrected chi connectivity index (χ4v) is 4.95. The Morgan fingerprint density at radius 2 is 1.58 bits per heavy atom. The average molecular weight is 447 g/mol. The summed E-state index contributed by atoms with van der Waals surface area (Å²) in [5.74, 6) is -0.0966. The van der Waals surface area contributed by atoms with Crippen LogP contribution in [0.5, 0.6) is 0 Å². The number of anilines is 3. The molecule has 0 heterocycles. The minimum Gasteiger partial charge on any atom is -0.384 e. The molecule has 0 aliphatic rings. The molecule has 0 aliphatic heterocycles. The van der Waals surface area contributed by atoms with E-state index >= 15 is 0 Å². The normalized spacial score (nSPS) is 11.6. The molecule has 1 amide bonds. The minimum atomic E-state index is -3.60. The van der Waals surface area contributed by atoms with Gasteiger partial charge >= 0.3 is 0 Å². The van der Waals surface area contributed by atoms with Crippen molar-refractivity contribution in [1.29, 1.82) is 0 Å². The molecule has 0 fully saturated rings. The van der Waals surface area contributed by atoms with Gasteiger partial charge in [0.2, 0.25) is 15.9 Å². The number of para-hydroxylation sites is 1. The number of nitrogens with one attached hydrogen (secondary N) is 2. The van der Waals surface area contributed by atoms with Crippen molar-refractivity contribution < 1.29 is 13.2 Å². The first-order valence-corrected chi connectivity index (χ1v) is 12.2. The monoisotopic (exact) mass is 446 g/mol.